The van der Waals surface area contributed by atoms with Crippen molar-refractivity contribution in [1.29, 1.82) is 0 Å². The first kappa shape index (κ1) is 26.9. The molecule has 0 radical (unpaired) electrons. The van der Waals surface area contributed by atoms with Gasteiger partial charge in [-0.05, 0) is 37.1 Å². The molecule has 7 rings (SSSR count). The fourth-order valence-electron chi connectivity index (χ4n) is 6.87. The summed E-state index contributed by atoms with van der Waals surface area (Å²) in [6, 6.07) is 7.36. The number of hydrogen-bond donors (Lipinski definition) is 2. The number of piperazine rings is 1. The quantitative estimate of drug-likeness (QED) is 0.359. The van der Waals surface area contributed by atoms with Crippen LogP contribution in [0.5, 0.6) is 0 Å². The number of hydrogen-bond acceptors (Lipinski definition) is 9. The van der Waals surface area contributed by atoms with Gasteiger partial charge in [0, 0.05) is 86.2 Å². The lowest BCUT2D eigenvalue weighted by molar-refractivity contribution is -0.142. The van der Waals surface area contributed by atoms with Crippen LogP contribution < -0.4 is 5.73 Å². The number of carbonyl (C=O) groups is 1. The Hall–Kier alpha value is -3.00. The highest BCUT2D eigenvalue weighted by Crippen LogP contribution is 2.39. The monoisotopic (exact) mass is 579 g/mol. The third-order valence-corrected chi connectivity index (χ3v) is 10.1. The number of halogens is 1. The topological polar surface area (TPSA) is 113 Å². The fraction of sp³-hybridized carbons (Fsp3) is 0.483. The molecule has 3 saturated heterocycles. The zero-order chi connectivity index (χ0) is 28.0. The number of aromatic nitrogens is 3. The number of primary amides is 1. The van der Waals surface area contributed by atoms with E-state index in [1.165, 1.54) is 10.9 Å². The molecule has 12 heteroatoms. The Morgan fingerprint density at radius 1 is 1.12 bits per heavy atom. The first-order chi connectivity index (χ1) is 20.0. The van der Waals surface area contributed by atoms with Crippen LogP contribution in [0.1, 0.15) is 35.6 Å². The number of carbonyl (C=O) groups excluding carboxylic acids is 1. The van der Waals surface area contributed by atoms with E-state index in [0.717, 1.165) is 47.3 Å². The molecule has 2 unspecified atom stereocenters. The number of amides is 1. The van der Waals surface area contributed by atoms with Crippen molar-refractivity contribution in [2.24, 2.45) is 5.73 Å². The molecular formula is C29H34FN7O3S. The van der Waals surface area contributed by atoms with Crippen LogP contribution in [-0.2, 0) is 14.3 Å². The molecule has 0 bridgehead atoms. The number of rotatable bonds is 6. The van der Waals surface area contributed by atoms with Gasteiger partial charge in [0.15, 0.2) is 0 Å². The van der Waals surface area contributed by atoms with Crippen LogP contribution in [0.3, 0.4) is 0 Å². The van der Waals surface area contributed by atoms with Crippen LogP contribution in [0.15, 0.2) is 43.0 Å². The van der Waals surface area contributed by atoms with Gasteiger partial charge in [0.25, 0.3) is 0 Å². The van der Waals surface area contributed by atoms with E-state index < -0.39 is 11.6 Å². The molecule has 3 fully saturated rings. The molecule has 6 heterocycles. The number of nitrogens with two attached hydrogens (primary N) is 1. The van der Waals surface area contributed by atoms with Gasteiger partial charge in [0.1, 0.15) is 17.7 Å². The molecule has 3 N–H and O–H groups in total. The van der Waals surface area contributed by atoms with E-state index in [-0.39, 0.29) is 17.9 Å². The Kier molecular flexibility index (Phi) is 7.21. The Balaban J connectivity index is 1.19. The summed E-state index contributed by atoms with van der Waals surface area (Å²) < 4.78 is 28.1. The molecule has 216 valence electrons. The Morgan fingerprint density at radius 3 is 2.73 bits per heavy atom. The van der Waals surface area contributed by atoms with Crippen LogP contribution in [0.4, 0.5) is 4.39 Å². The van der Waals surface area contributed by atoms with Crippen LogP contribution in [-0.4, -0.2) is 100 Å². The molecule has 4 aromatic rings. The summed E-state index contributed by atoms with van der Waals surface area (Å²) in [5.41, 5.74) is 7.75. The minimum absolute atomic E-state index is 0.0459. The van der Waals surface area contributed by atoms with Gasteiger partial charge in [-0.2, -0.15) is 0 Å². The maximum absolute atomic E-state index is 15.3. The Morgan fingerprint density at radius 2 is 1.95 bits per heavy atom. The predicted octanol–water partition coefficient (Wildman–Crippen LogP) is 3.04. The molecule has 0 spiro atoms. The Bertz CT molecular complexity index is 1510. The maximum Gasteiger partial charge on any atom is 0.238 e. The molecule has 41 heavy (non-hydrogen) atoms. The smallest absolute Gasteiger partial charge is 0.238 e. The highest BCUT2D eigenvalue weighted by Gasteiger charge is 2.46. The molecule has 3 aliphatic heterocycles. The maximum atomic E-state index is 15.3. The lowest BCUT2D eigenvalue weighted by Gasteiger charge is -2.50. The van der Waals surface area contributed by atoms with Crippen LogP contribution in [0.2, 0.25) is 0 Å². The van der Waals surface area contributed by atoms with Gasteiger partial charge in [-0.15, -0.1) is 11.3 Å². The zero-order valence-corrected chi connectivity index (χ0v) is 23.6. The van der Waals surface area contributed by atoms with Crippen molar-refractivity contribution in [2.45, 2.75) is 30.7 Å². The minimum atomic E-state index is -0.649. The average Bonchev–Trinajstić information content (AvgIpc) is 3.65. The number of thiophene rings is 1. The minimum Gasteiger partial charge on any atom is -0.381 e. The van der Waals surface area contributed by atoms with Gasteiger partial charge in [-0.25, -0.2) is 14.4 Å². The van der Waals surface area contributed by atoms with Crippen molar-refractivity contribution in [3.8, 4) is 0 Å². The number of H-pyrrole nitrogens is 1. The van der Waals surface area contributed by atoms with E-state index in [0.29, 0.717) is 51.3 Å². The molecular weight excluding hydrogens is 545 g/mol. The van der Waals surface area contributed by atoms with Gasteiger partial charge < -0.3 is 20.2 Å². The summed E-state index contributed by atoms with van der Waals surface area (Å²) in [7, 11) is 0. The first-order valence-corrected chi connectivity index (χ1v) is 15.0. The van der Waals surface area contributed by atoms with Gasteiger partial charge in [0.2, 0.25) is 5.91 Å². The van der Waals surface area contributed by atoms with Gasteiger partial charge in [-0.1, -0.05) is 0 Å². The van der Waals surface area contributed by atoms with E-state index >= 15 is 4.39 Å². The van der Waals surface area contributed by atoms with Crippen molar-refractivity contribution >= 4 is 38.4 Å². The molecule has 0 saturated carbocycles. The van der Waals surface area contributed by atoms with E-state index in [4.69, 9.17) is 15.2 Å². The number of fused-ring (bicyclic) bond motifs is 2. The zero-order valence-electron chi connectivity index (χ0n) is 22.8. The highest BCUT2D eigenvalue weighted by molar-refractivity contribution is 7.19. The summed E-state index contributed by atoms with van der Waals surface area (Å²) in [5.74, 6) is -0.509. The van der Waals surface area contributed by atoms with Crippen molar-refractivity contribution in [1.82, 2.24) is 29.7 Å². The van der Waals surface area contributed by atoms with Crippen molar-refractivity contribution in [3.05, 3.63) is 59.2 Å². The largest absolute Gasteiger partial charge is 0.381 e. The van der Waals surface area contributed by atoms with Crippen LogP contribution >= 0.6 is 11.3 Å². The third kappa shape index (κ3) is 4.82. The predicted molar refractivity (Wildman–Crippen MR) is 154 cm³/mol. The Labute approximate surface area is 241 Å². The SMILES string of the molecule is NC(=O)C1(N2CCN(C(c3cc4ncncc4s3)N3CCOC(c4c(F)ccc5[nH]ccc45)C3)CC2)CCOCC1. The fourth-order valence-corrected chi connectivity index (χ4v) is 8.03. The second-order valence-electron chi connectivity index (χ2n) is 11.1. The van der Waals surface area contributed by atoms with E-state index in [9.17, 15) is 4.79 Å². The van der Waals surface area contributed by atoms with Crippen molar-refractivity contribution in [2.75, 3.05) is 59.1 Å². The standard InChI is InChI=1S/C29H34FN7O3S/c30-20-1-2-21-19(3-6-33-21)26(20)23-17-36(11-14-40-23)27(24-15-22-25(41-24)16-32-18-34-22)35-7-9-37(10-8-35)29(28(31)38)4-12-39-13-5-29/h1-3,6,15-16,18,23,27,33H,4-5,7-14,17H2,(H2,31,38). The molecule has 1 aromatic carbocycles. The lowest BCUT2D eigenvalue weighted by Crippen LogP contribution is -2.65. The summed E-state index contributed by atoms with van der Waals surface area (Å²) in [6.45, 7) is 5.86. The molecule has 0 aliphatic carbocycles. The normalized spacial score (nSPS) is 23.7. The summed E-state index contributed by atoms with van der Waals surface area (Å²) in [5, 5.41) is 0.854. The summed E-state index contributed by atoms with van der Waals surface area (Å²) in [6.07, 6.45) is 6.08. The number of nitrogens with zero attached hydrogens (tertiary/aromatic N) is 5. The lowest BCUT2D eigenvalue weighted by atomic mass is 9.86. The van der Waals surface area contributed by atoms with Gasteiger partial charge in [-0.3, -0.25) is 19.5 Å². The summed E-state index contributed by atoms with van der Waals surface area (Å²) in [4.78, 5) is 32.9. The number of nitrogens with one attached hydrogen (secondary N) is 1. The van der Waals surface area contributed by atoms with E-state index in [1.807, 2.05) is 18.5 Å². The third-order valence-electron chi connectivity index (χ3n) is 9.00. The average molecular weight is 580 g/mol. The van der Waals surface area contributed by atoms with E-state index in [1.54, 1.807) is 23.7 Å². The van der Waals surface area contributed by atoms with Crippen LogP contribution in [0, 0.1) is 5.82 Å². The number of ether oxygens (including phenoxy) is 2. The van der Waals surface area contributed by atoms with Crippen molar-refractivity contribution < 1.29 is 18.7 Å². The number of benzene rings is 1. The molecule has 10 nitrogen and oxygen atoms in total. The second kappa shape index (κ2) is 11.0. The van der Waals surface area contributed by atoms with Crippen LogP contribution in [0.25, 0.3) is 21.1 Å². The number of aromatic amines is 1. The molecule has 3 aromatic heterocycles. The second-order valence-corrected chi connectivity index (χ2v) is 12.2. The number of morpholine rings is 1. The van der Waals surface area contributed by atoms with E-state index in [2.05, 4.69) is 35.7 Å². The van der Waals surface area contributed by atoms with Gasteiger partial charge >= 0.3 is 0 Å². The highest BCUT2D eigenvalue weighted by atomic mass is 32.1. The summed E-state index contributed by atoms with van der Waals surface area (Å²) >= 11 is 1.70. The van der Waals surface area contributed by atoms with Gasteiger partial charge in [0.05, 0.1) is 29.1 Å². The molecule has 1 amide bonds. The van der Waals surface area contributed by atoms with Crippen molar-refractivity contribution in [3.63, 3.8) is 0 Å². The first-order valence-electron chi connectivity index (χ1n) is 14.2. The molecule has 2 atom stereocenters. The molecule has 3 aliphatic rings.